The number of nitrogens with zero attached hydrogens (tertiary/aromatic N) is 3. The number of ether oxygens (including phenoxy) is 1. The summed E-state index contributed by atoms with van der Waals surface area (Å²) in [5.41, 5.74) is 2.93. The zero-order valence-electron chi connectivity index (χ0n) is 11.3. The van der Waals surface area contributed by atoms with Crippen molar-refractivity contribution in [2.75, 3.05) is 6.61 Å². The van der Waals surface area contributed by atoms with Crippen molar-refractivity contribution in [1.29, 1.82) is 0 Å². The number of fused-ring (bicyclic) bond motifs is 1. The number of aromatic nitrogens is 3. The van der Waals surface area contributed by atoms with Crippen LogP contribution in [0.15, 0.2) is 22.8 Å². The maximum Gasteiger partial charge on any atom is 0.303 e. The van der Waals surface area contributed by atoms with Crippen molar-refractivity contribution in [1.82, 2.24) is 15.0 Å². The first-order chi connectivity index (χ1) is 10.1. The molecule has 0 amide bonds. The van der Waals surface area contributed by atoms with E-state index in [9.17, 15) is 4.79 Å². The summed E-state index contributed by atoms with van der Waals surface area (Å²) in [6, 6.07) is 4.09. The highest BCUT2D eigenvalue weighted by atomic mass is 79.9. The molecule has 1 aromatic heterocycles. The van der Waals surface area contributed by atoms with E-state index in [-0.39, 0.29) is 6.42 Å². The van der Waals surface area contributed by atoms with E-state index >= 15 is 0 Å². The van der Waals surface area contributed by atoms with Crippen LogP contribution < -0.4 is 4.74 Å². The fourth-order valence-electron chi connectivity index (χ4n) is 2.40. The molecule has 0 radical (unpaired) electrons. The molecule has 1 aliphatic rings. The fraction of sp³-hybridized carbons (Fsp3) is 0.357. The van der Waals surface area contributed by atoms with E-state index in [4.69, 9.17) is 9.84 Å². The van der Waals surface area contributed by atoms with Crippen LogP contribution in [0.2, 0.25) is 0 Å². The monoisotopic (exact) mass is 351 g/mol. The number of rotatable bonds is 5. The van der Waals surface area contributed by atoms with E-state index in [0.29, 0.717) is 25.3 Å². The van der Waals surface area contributed by atoms with Gasteiger partial charge in [0.1, 0.15) is 5.75 Å². The topological polar surface area (TPSA) is 77.2 Å². The van der Waals surface area contributed by atoms with E-state index < -0.39 is 5.97 Å². The van der Waals surface area contributed by atoms with Crippen LogP contribution in [0.25, 0.3) is 0 Å². The Labute approximate surface area is 129 Å². The SMILES string of the molecule is O=C(O)CCc1cn(Cc2cc(Br)cc3c2OCC3)nn1. The van der Waals surface area contributed by atoms with Crippen molar-refractivity contribution in [3.63, 3.8) is 0 Å². The van der Waals surface area contributed by atoms with Gasteiger partial charge in [-0.3, -0.25) is 4.79 Å². The molecule has 1 aromatic carbocycles. The van der Waals surface area contributed by atoms with Crippen molar-refractivity contribution in [2.24, 2.45) is 0 Å². The summed E-state index contributed by atoms with van der Waals surface area (Å²) in [5, 5.41) is 16.7. The lowest BCUT2D eigenvalue weighted by Gasteiger charge is -2.08. The maximum atomic E-state index is 10.6. The van der Waals surface area contributed by atoms with Crippen LogP contribution in [0.4, 0.5) is 0 Å². The van der Waals surface area contributed by atoms with Crippen LogP contribution >= 0.6 is 15.9 Å². The third kappa shape index (κ3) is 3.24. The second-order valence-corrected chi connectivity index (χ2v) is 5.87. The summed E-state index contributed by atoms with van der Waals surface area (Å²) in [6.07, 6.45) is 3.16. The number of halogens is 1. The maximum absolute atomic E-state index is 10.6. The summed E-state index contributed by atoms with van der Waals surface area (Å²) in [5.74, 6) is 0.101. The predicted octanol–water partition coefficient (Wildman–Crippen LogP) is 2.04. The molecule has 0 fully saturated rings. The van der Waals surface area contributed by atoms with Gasteiger partial charge in [0.25, 0.3) is 0 Å². The highest BCUT2D eigenvalue weighted by Crippen LogP contribution is 2.33. The number of aryl methyl sites for hydroxylation is 1. The average molecular weight is 352 g/mol. The molecule has 0 spiro atoms. The Bertz CT molecular complexity index is 684. The predicted molar refractivity (Wildman–Crippen MR) is 78.4 cm³/mol. The van der Waals surface area contributed by atoms with Crippen molar-refractivity contribution in [3.05, 3.63) is 39.6 Å². The average Bonchev–Trinajstić information content (AvgIpc) is 3.05. The largest absolute Gasteiger partial charge is 0.493 e. The molecule has 0 bridgehead atoms. The zero-order chi connectivity index (χ0) is 14.8. The highest BCUT2D eigenvalue weighted by Gasteiger charge is 2.18. The van der Waals surface area contributed by atoms with Gasteiger partial charge in [0.15, 0.2) is 0 Å². The molecule has 110 valence electrons. The standard InChI is InChI=1S/C14H14BrN3O3/c15-11-5-9-3-4-21-14(9)10(6-11)7-18-8-12(16-17-18)1-2-13(19)20/h5-6,8H,1-4,7H2,(H,19,20). The van der Waals surface area contributed by atoms with Gasteiger partial charge in [-0.2, -0.15) is 0 Å². The molecule has 6 nitrogen and oxygen atoms in total. The van der Waals surface area contributed by atoms with Gasteiger partial charge < -0.3 is 9.84 Å². The number of carbonyl (C=O) groups is 1. The quantitative estimate of drug-likeness (QED) is 0.891. The molecule has 21 heavy (non-hydrogen) atoms. The Balaban J connectivity index is 1.77. The summed E-state index contributed by atoms with van der Waals surface area (Å²) < 4.78 is 8.41. The van der Waals surface area contributed by atoms with Gasteiger partial charge in [0, 0.05) is 29.1 Å². The smallest absolute Gasteiger partial charge is 0.303 e. The second-order valence-electron chi connectivity index (χ2n) is 4.95. The molecule has 0 saturated carbocycles. The molecule has 2 aromatic rings. The second kappa shape index (κ2) is 5.85. The van der Waals surface area contributed by atoms with Crippen molar-refractivity contribution < 1.29 is 14.6 Å². The lowest BCUT2D eigenvalue weighted by molar-refractivity contribution is -0.136. The third-order valence-corrected chi connectivity index (χ3v) is 3.80. The van der Waals surface area contributed by atoms with Gasteiger partial charge in [-0.25, -0.2) is 4.68 Å². The van der Waals surface area contributed by atoms with Crippen molar-refractivity contribution in [2.45, 2.75) is 25.8 Å². The summed E-state index contributed by atoms with van der Waals surface area (Å²) in [6.45, 7) is 1.27. The first-order valence-electron chi connectivity index (χ1n) is 6.67. The summed E-state index contributed by atoms with van der Waals surface area (Å²) in [4.78, 5) is 10.6. The lowest BCUT2D eigenvalue weighted by atomic mass is 10.1. The number of benzene rings is 1. The number of aliphatic carboxylic acids is 1. The normalized spacial score (nSPS) is 13.0. The highest BCUT2D eigenvalue weighted by molar-refractivity contribution is 9.10. The Morgan fingerprint density at radius 2 is 2.33 bits per heavy atom. The van der Waals surface area contributed by atoms with E-state index in [1.54, 1.807) is 10.9 Å². The first kappa shape index (κ1) is 14.1. The molecule has 1 aliphatic heterocycles. The number of carboxylic acids is 1. The Kier molecular flexibility index (Phi) is 3.92. The van der Waals surface area contributed by atoms with Gasteiger partial charge in [0.05, 0.1) is 25.3 Å². The minimum absolute atomic E-state index is 0.0636. The molecular weight excluding hydrogens is 338 g/mol. The van der Waals surface area contributed by atoms with Crippen molar-refractivity contribution >= 4 is 21.9 Å². The van der Waals surface area contributed by atoms with Crippen LogP contribution in [-0.2, 0) is 24.2 Å². The van der Waals surface area contributed by atoms with E-state index in [0.717, 1.165) is 22.2 Å². The number of hydrogen-bond donors (Lipinski definition) is 1. The van der Waals surface area contributed by atoms with Crippen LogP contribution in [0, 0.1) is 0 Å². The minimum atomic E-state index is -0.831. The molecular formula is C14H14BrN3O3. The summed E-state index contributed by atoms with van der Waals surface area (Å²) >= 11 is 3.51. The van der Waals surface area contributed by atoms with Crippen LogP contribution in [0.1, 0.15) is 23.2 Å². The van der Waals surface area contributed by atoms with Gasteiger partial charge in [0.2, 0.25) is 0 Å². The lowest BCUT2D eigenvalue weighted by Crippen LogP contribution is -2.02. The number of carboxylic acid groups (broad SMARTS) is 1. The molecule has 0 unspecified atom stereocenters. The van der Waals surface area contributed by atoms with Gasteiger partial charge in [-0.15, -0.1) is 5.10 Å². The third-order valence-electron chi connectivity index (χ3n) is 3.34. The minimum Gasteiger partial charge on any atom is -0.493 e. The van der Waals surface area contributed by atoms with Crippen LogP contribution in [0.5, 0.6) is 5.75 Å². The number of hydrogen-bond acceptors (Lipinski definition) is 4. The van der Waals surface area contributed by atoms with Crippen molar-refractivity contribution in [3.8, 4) is 5.75 Å². The van der Waals surface area contributed by atoms with Gasteiger partial charge in [-0.05, 0) is 17.7 Å². The molecule has 0 aliphatic carbocycles. The molecule has 7 heteroatoms. The molecule has 0 saturated heterocycles. The molecule has 3 rings (SSSR count). The van der Waals surface area contributed by atoms with E-state index in [1.807, 2.05) is 6.07 Å². The van der Waals surface area contributed by atoms with Gasteiger partial charge in [-0.1, -0.05) is 21.1 Å². The molecule has 0 atom stereocenters. The van der Waals surface area contributed by atoms with E-state index in [1.165, 1.54) is 5.56 Å². The Morgan fingerprint density at radius 1 is 1.48 bits per heavy atom. The molecule has 1 N–H and O–H groups in total. The Hall–Kier alpha value is -1.89. The van der Waals surface area contributed by atoms with Gasteiger partial charge >= 0.3 is 5.97 Å². The first-order valence-corrected chi connectivity index (χ1v) is 7.46. The molecule has 2 heterocycles. The fourth-order valence-corrected chi connectivity index (χ4v) is 2.96. The summed E-state index contributed by atoms with van der Waals surface area (Å²) in [7, 11) is 0. The van der Waals surface area contributed by atoms with Crippen LogP contribution in [-0.4, -0.2) is 32.7 Å². The Morgan fingerprint density at radius 3 is 3.14 bits per heavy atom. The van der Waals surface area contributed by atoms with E-state index in [2.05, 4.69) is 32.3 Å². The van der Waals surface area contributed by atoms with Crippen LogP contribution in [0.3, 0.4) is 0 Å². The zero-order valence-corrected chi connectivity index (χ0v) is 12.8.